The molecule has 5 nitrogen and oxygen atoms in total. The van der Waals surface area contributed by atoms with Crippen molar-refractivity contribution in [2.45, 2.75) is 25.1 Å². The van der Waals surface area contributed by atoms with Crippen molar-refractivity contribution in [2.24, 2.45) is 5.92 Å². The second-order valence-corrected chi connectivity index (χ2v) is 6.16. The van der Waals surface area contributed by atoms with Crippen LogP contribution in [0.2, 0.25) is 0 Å². The van der Waals surface area contributed by atoms with Crippen LogP contribution in [0.15, 0.2) is 12.8 Å². The predicted octanol–water partition coefficient (Wildman–Crippen LogP) is 2.04. The van der Waals surface area contributed by atoms with E-state index in [4.69, 9.17) is 14.2 Å². The first-order chi connectivity index (χ1) is 8.29. The van der Waals surface area contributed by atoms with E-state index in [2.05, 4.69) is 22.5 Å². The number of ether oxygens (including phenoxy) is 3. The highest BCUT2D eigenvalue weighted by Crippen LogP contribution is 2.18. The Hall–Kier alpha value is -1.04. The lowest BCUT2D eigenvalue weighted by Gasteiger charge is -2.17. The third-order valence-electron chi connectivity index (χ3n) is 1.92. The summed E-state index contributed by atoms with van der Waals surface area (Å²) >= 11 is 3.17. The van der Waals surface area contributed by atoms with Crippen LogP contribution in [-0.2, 0) is 23.8 Å². The smallest absolute Gasteiger partial charge is 0.322 e. The lowest BCUT2D eigenvalue weighted by molar-refractivity contribution is -0.155. The van der Waals surface area contributed by atoms with Gasteiger partial charge in [0.15, 0.2) is 0 Å². The molecule has 0 aromatic heterocycles. The molecule has 0 radical (unpaired) electrons. The molecule has 0 bridgehead atoms. The Balaban J connectivity index is 3.88. The van der Waals surface area contributed by atoms with Crippen LogP contribution in [0, 0.1) is 5.92 Å². The Morgan fingerprint density at radius 2 is 1.94 bits per heavy atom. The second kappa shape index (κ2) is 8.13. The largest absolute Gasteiger partial charge is 0.498 e. The molecule has 0 spiro atoms. The third kappa shape index (κ3) is 7.32. The minimum Gasteiger partial charge on any atom is -0.498 e. The van der Waals surface area contributed by atoms with Crippen LogP contribution in [0.25, 0.3) is 0 Å². The molecule has 0 saturated carbocycles. The van der Waals surface area contributed by atoms with Gasteiger partial charge in [0.1, 0.15) is 24.1 Å². The first kappa shape index (κ1) is 17.0. The number of carbonyl (C=O) groups is 2. The van der Waals surface area contributed by atoms with Crippen molar-refractivity contribution in [3.63, 3.8) is 0 Å². The maximum Gasteiger partial charge on any atom is 0.322 e. The summed E-state index contributed by atoms with van der Waals surface area (Å²) in [7, 11) is 0. The van der Waals surface area contributed by atoms with E-state index in [9.17, 15) is 9.59 Å². The van der Waals surface area contributed by atoms with Gasteiger partial charge >= 0.3 is 11.9 Å². The standard InChI is InChI=1S/C12H19BrO5/c1-5-16-6-7-17-10(14)9(2)8-18-11(15)12(3,4)13/h5,9H,1,6-8H2,2-4H3. The van der Waals surface area contributed by atoms with Gasteiger partial charge in [0, 0.05) is 0 Å². The van der Waals surface area contributed by atoms with Gasteiger partial charge < -0.3 is 14.2 Å². The molecule has 0 aliphatic heterocycles. The highest BCUT2D eigenvalue weighted by Gasteiger charge is 2.27. The van der Waals surface area contributed by atoms with Crippen molar-refractivity contribution in [2.75, 3.05) is 19.8 Å². The summed E-state index contributed by atoms with van der Waals surface area (Å²) in [5.41, 5.74) is 0. The summed E-state index contributed by atoms with van der Waals surface area (Å²) in [6, 6.07) is 0. The van der Waals surface area contributed by atoms with Crippen LogP contribution in [0.5, 0.6) is 0 Å². The van der Waals surface area contributed by atoms with Gasteiger partial charge in [-0.1, -0.05) is 22.5 Å². The SMILES string of the molecule is C=COCCOC(=O)C(C)COC(=O)C(C)(C)Br. The molecule has 0 aromatic carbocycles. The quantitative estimate of drug-likeness (QED) is 0.296. The summed E-state index contributed by atoms with van der Waals surface area (Å²) in [6.45, 7) is 8.73. The fourth-order valence-corrected chi connectivity index (χ4v) is 0.971. The van der Waals surface area contributed by atoms with E-state index >= 15 is 0 Å². The molecule has 0 N–H and O–H groups in total. The first-order valence-corrected chi connectivity index (χ1v) is 6.33. The lowest BCUT2D eigenvalue weighted by atomic mass is 10.2. The average molecular weight is 323 g/mol. The van der Waals surface area contributed by atoms with Crippen molar-refractivity contribution >= 4 is 27.9 Å². The van der Waals surface area contributed by atoms with Crippen LogP contribution in [0.1, 0.15) is 20.8 Å². The van der Waals surface area contributed by atoms with Crippen LogP contribution >= 0.6 is 15.9 Å². The highest BCUT2D eigenvalue weighted by molar-refractivity contribution is 9.10. The molecule has 104 valence electrons. The van der Waals surface area contributed by atoms with Gasteiger partial charge in [-0.2, -0.15) is 0 Å². The zero-order valence-corrected chi connectivity index (χ0v) is 12.5. The zero-order valence-electron chi connectivity index (χ0n) is 10.9. The summed E-state index contributed by atoms with van der Waals surface area (Å²) < 4.78 is 13.9. The fourth-order valence-electron chi connectivity index (χ4n) is 0.856. The van der Waals surface area contributed by atoms with Crippen molar-refractivity contribution < 1.29 is 23.8 Å². The molecule has 1 unspecified atom stereocenters. The number of carbonyl (C=O) groups excluding carboxylic acids is 2. The first-order valence-electron chi connectivity index (χ1n) is 5.54. The Kier molecular flexibility index (Phi) is 7.66. The van der Waals surface area contributed by atoms with E-state index in [1.807, 2.05) is 0 Å². The third-order valence-corrected chi connectivity index (χ3v) is 2.24. The van der Waals surface area contributed by atoms with Gasteiger partial charge in [-0.25, -0.2) is 0 Å². The molecule has 0 aliphatic rings. The van der Waals surface area contributed by atoms with E-state index in [-0.39, 0.29) is 19.8 Å². The predicted molar refractivity (Wildman–Crippen MR) is 70.2 cm³/mol. The molecular formula is C12H19BrO5. The molecule has 0 rings (SSSR count). The van der Waals surface area contributed by atoms with E-state index in [0.717, 1.165) is 0 Å². The second-order valence-electron chi connectivity index (χ2n) is 4.18. The summed E-state index contributed by atoms with van der Waals surface area (Å²) in [4.78, 5) is 22.9. The maximum absolute atomic E-state index is 11.5. The lowest BCUT2D eigenvalue weighted by Crippen LogP contribution is -2.30. The number of hydrogen-bond donors (Lipinski definition) is 0. The normalized spacial score (nSPS) is 12.4. The number of halogens is 1. The van der Waals surface area contributed by atoms with Gasteiger partial charge in [-0.15, -0.1) is 0 Å². The van der Waals surface area contributed by atoms with Gasteiger partial charge in [0.2, 0.25) is 0 Å². The van der Waals surface area contributed by atoms with E-state index in [1.165, 1.54) is 6.26 Å². The van der Waals surface area contributed by atoms with Crippen LogP contribution in [-0.4, -0.2) is 36.1 Å². The highest BCUT2D eigenvalue weighted by atomic mass is 79.9. The van der Waals surface area contributed by atoms with Crippen molar-refractivity contribution in [1.82, 2.24) is 0 Å². The number of rotatable bonds is 8. The molecule has 0 aromatic rings. The van der Waals surface area contributed by atoms with Crippen molar-refractivity contribution in [3.05, 3.63) is 12.8 Å². The van der Waals surface area contributed by atoms with Gasteiger partial charge in [0.05, 0.1) is 12.2 Å². The molecule has 0 heterocycles. The summed E-state index contributed by atoms with van der Waals surface area (Å²) in [5, 5.41) is 0. The summed E-state index contributed by atoms with van der Waals surface area (Å²) in [6.07, 6.45) is 1.27. The molecule has 0 saturated heterocycles. The molecule has 0 amide bonds. The Morgan fingerprint density at radius 3 is 2.44 bits per heavy atom. The topological polar surface area (TPSA) is 61.8 Å². The Morgan fingerprint density at radius 1 is 1.33 bits per heavy atom. The Bertz CT molecular complexity index is 295. The average Bonchev–Trinajstić information content (AvgIpc) is 2.29. The summed E-state index contributed by atoms with van der Waals surface area (Å²) in [5.74, 6) is -1.35. The van der Waals surface area contributed by atoms with Gasteiger partial charge in [-0.05, 0) is 20.8 Å². The molecule has 0 aliphatic carbocycles. The van der Waals surface area contributed by atoms with Gasteiger partial charge in [0.25, 0.3) is 0 Å². The minimum absolute atomic E-state index is 0.00495. The molecule has 0 fully saturated rings. The number of esters is 2. The fraction of sp³-hybridized carbons (Fsp3) is 0.667. The molecule has 6 heteroatoms. The minimum atomic E-state index is -0.756. The van der Waals surface area contributed by atoms with E-state index in [1.54, 1.807) is 20.8 Å². The molecular weight excluding hydrogens is 304 g/mol. The monoisotopic (exact) mass is 322 g/mol. The maximum atomic E-state index is 11.5. The van der Waals surface area contributed by atoms with Crippen molar-refractivity contribution in [1.29, 1.82) is 0 Å². The van der Waals surface area contributed by atoms with E-state index < -0.39 is 22.2 Å². The molecule has 18 heavy (non-hydrogen) atoms. The van der Waals surface area contributed by atoms with Crippen molar-refractivity contribution in [3.8, 4) is 0 Å². The van der Waals surface area contributed by atoms with E-state index in [0.29, 0.717) is 0 Å². The van der Waals surface area contributed by atoms with Crippen LogP contribution in [0.4, 0.5) is 0 Å². The van der Waals surface area contributed by atoms with Crippen LogP contribution < -0.4 is 0 Å². The van der Waals surface area contributed by atoms with Gasteiger partial charge in [-0.3, -0.25) is 9.59 Å². The van der Waals surface area contributed by atoms with Crippen LogP contribution in [0.3, 0.4) is 0 Å². The Labute approximate surface area is 116 Å². The number of alkyl halides is 1. The number of hydrogen-bond acceptors (Lipinski definition) is 5. The zero-order chi connectivity index (χ0) is 14.2. The molecule has 1 atom stereocenters.